The van der Waals surface area contributed by atoms with Crippen LogP contribution in [0.2, 0.25) is 0 Å². The van der Waals surface area contributed by atoms with Crippen LogP contribution in [0.4, 0.5) is 11.6 Å². The first kappa shape index (κ1) is 6.71. The summed E-state index contributed by atoms with van der Waals surface area (Å²) in [5.41, 5.74) is 0. The number of rotatable bonds is 2. The second-order valence-corrected chi connectivity index (χ2v) is 1.92. The van der Waals surface area contributed by atoms with Gasteiger partial charge in [-0.15, -0.1) is 10.2 Å². The molecule has 0 radical (unpaired) electrons. The SMILES string of the molecule is c1cc(N=Nc2ccon2)no1. The minimum absolute atomic E-state index is 0.401. The molecular weight excluding hydrogens is 160 g/mol. The van der Waals surface area contributed by atoms with Crippen molar-refractivity contribution in [2.75, 3.05) is 0 Å². The van der Waals surface area contributed by atoms with Gasteiger partial charge in [0.15, 0.2) is 0 Å². The van der Waals surface area contributed by atoms with E-state index in [9.17, 15) is 0 Å². The molecule has 2 heterocycles. The molecule has 0 aliphatic carbocycles. The molecule has 0 atom stereocenters. The molecule has 2 rings (SSSR count). The third-order valence-electron chi connectivity index (χ3n) is 1.10. The Balaban J connectivity index is 2.14. The smallest absolute Gasteiger partial charge is 0.216 e. The molecule has 60 valence electrons. The lowest BCUT2D eigenvalue weighted by molar-refractivity contribution is 0.419. The zero-order valence-corrected chi connectivity index (χ0v) is 5.91. The van der Waals surface area contributed by atoms with E-state index in [0.717, 1.165) is 0 Å². The van der Waals surface area contributed by atoms with E-state index in [1.807, 2.05) is 0 Å². The summed E-state index contributed by atoms with van der Waals surface area (Å²) < 4.78 is 9.07. The molecule has 0 spiro atoms. The summed E-state index contributed by atoms with van der Waals surface area (Å²) in [7, 11) is 0. The molecule has 0 fully saturated rings. The highest BCUT2D eigenvalue weighted by Crippen LogP contribution is 2.12. The monoisotopic (exact) mass is 164 g/mol. The van der Waals surface area contributed by atoms with E-state index in [-0.39, 0.29) is 0 Å². The quantitative estimate of drug-likeness (QED) is 0.636. The highest BCUT2D eigenvalue weighted by atomic mass is 16.5. The van der Waals surface area contributed by atoms with Gasteiger partial charge in [0.2, 0.25) is 11.6 Å². The summed E-state index contributed by atoms with van der Waals surface area (Å²) >= 11 is 0. The van der Waals surface area contributed by atoms with Gasteiger partial charge in [-0.2, -0.15) is 0 Å². The van der Waals surface area contributed by atoms with Crippen LogP contribution in [-0.2, 0) is 0 Å². The highest BCUT2D eigenvalue weighted by molar-refractivity contribution is 5.25. The standard InChI is InChI=1S/C6H4N4O2/c1-3-11-9-5(1)7-8-6-2-4-12-10-6/h1-4H. The van der Waals surface area contributed by atoms with Crippen LogP contribution in [0.1, 0.15) is 0 Å². The molecule has 0 N–H and O–H groups in total. The minimum atomic E-state index is 0.401. The lowest BCUT2D eigenvalue weighted by Crippen LogP contribution is -1.60. The van der Waals surface area contributed by atoms with Crippen molar-refractivity contribution in [2.45, 2.75) is 0 Å². The number of azo groups is 1. The third kappa shape index (κ3) is 1.36. The van der Waals surface area contributed by atoms with Crippen LogP contribution in [0.5, 0.6) is 0 Å². The van der Waals surface area contributed by atoms with Crippen LogP contribution in [-0.4, -0.2) is 10.3 Å². The van der Waals surface area contributed by atoms with Crippen molar-refractivity contribution in [3.05, 3.63) is 24.7 Å². The Labute approximate surface area is 66.9 Å². The topological polar surface area (TPSA) is 76.8 Å². The van der Waals surface area contributed by atoms with Crippen LogP contribution in [0.3, 0.4) is 0 Å². The first-order valence-corrected chi connectivity index (χ1v) is 3.17. The van der Waals surface area contributed by atoms with E-state index in [0.29, 0.717) is 11.6 Å². The van der Waals surface area contributed by atoms with Crippen molar-refractivity contribution in [3.63, 3.8) is 0 Å². The van der Waals surface area contributed by atoms with Gasteiger partial charge in [0, 0.05) is 12.1 Å². The zero-order valence-electron chi connectivity index (χ0n) is 5.91. The Kier molecular flexibility index (Phi) is 1.65. The molecule has 6 heteroatoms. The summed E-state index contributed by atoms with van der Waals surface area (Å²) in [6.07, 6.45) is 2.83. The fourth-order valence-electron chi connectivity index (χ4n) is 0.618. The van der Waals surface area contributed by atoms with E-state index in [2.05, 4.69) is 29.6 Å². The average Bonchev–Trinajstić information content (AvgIpc) is 2.74. The van der Waals surface area contributed by atoms with E-state index in [1.165, 1.54) is 12.5 Å². The van der Waals surface area contributed by atoms with Crippen LogP contribution in [0.15, 0.2) is 43.9 Å². The summed E-state index contributed by atoms with van der Waals surface area (Å²) in [5.74, 6) is 0.802. The molecule has 6 nitrogen and oxygen atoms in total. The lowest BCUT2D eigenvalue weighted by Gasteiger charge is -1.77. The second kappa shape index (κ2) is 2.95. The predicted octanol–water partition coefficient (Wildman–Crippen LogP) is 2.08. The predicted molar refractivity (Wildman–Crippen MR) is 37.2 cm³/mol. The summed E-state index contributed by atoms with van der Waals surface area (Å²) in [6, 6.07) is 3.17. The Morgan fingerprint density at radius 2 is 1.42 bits per heavy atom. The molecule has 0 amide bonds. The summed E-state index contributed by atoms with van der Waals surface area (Å²) in [6.45, 7) is 0. The third-order valence-corrected chi connectivity index (χ3v) is 1.10. The first-order valence-electron chi connectivity index (χ1n) is 3.17. The van der Waals surface area contributed by atoms with E-state index in [4.69, 9.17) is 0 Å². The van der Waals surface area contributed by atoms with Gasteiger partial charge in [0.1, 0.15) is 12.5 Å². The van der Waals surface area contributed by atoms with Crippen LogP contribution in [0.25, 0.3) is 0 Å². The molecule has 0 unspecified atom stereocenters. The zero-order chi connectivity index (χ0) is 8.23. The maximum absolute atomic E-state index is 4.54. The van der Waals surface area contributed by atoms with Crippen LogP contribution in [0, 0.1) is 0 Å². The molecule has 0 saturated heterocycles. The van der Waals surface area contributed by atoms with Crippen molar-refractivity contribution in [1.82, 2.24) is 10.3 Å². The molecule has 0 bridgehead atoms. The minimum Gasteiger partial charge on any atom is -0.362 e. The number of hydrogen-bond acceptors (Lipinski definition) is 6. The number of nitrogens with zero attached hydrogens (tertiary/aromatic N) is 4. The molecular formula is C6H4N4O2. The van der Waals surface area contributed by atoms with Crippen molar-refractivity contribution in [1.29, 1.82) is 0 Å². The van der Waals surface area contributed by atoms with Gasteiger partial charge in [-0.3, -0.25) is 0 Å². The van der Waals surface area contributed by atoms with Gasteiger partial charge >= 0.3 is 0 Å². The van der Waals surface area contributed by atoms with Crippen molar-refractivity contribution >= 4 is 11.6 Å². The maximum Gasteiger partial charge on any atom is 0.216 e. The van der Waals surface area contributed by atoms with Crippen molar-refractivity contribution in [2.24, 2.45) is 10.2 Å². The fourth-order valence-corrected chi connectivity index (χ4v) is 0.618. The van der Waals surface area contributed by atoms with Gasteiger partial charge in [0.05, 0.1) is 0 Å². The van der Waals surface area contributed by atoms with Gasteiger partial charge in [-0.25, -0.2) is 0 Å². The molecule has 2 aromatic heterocycles. The van der Waals surface area contributed by atoms with Gasteiger partial charge in [0.25, 0.3) is 0 Å². The molecule has 2 aromatic rings. The summed E-state index contributed by atoms with van der Waals surface area (Å²) in [5, 5.41) is 14.5. The maximum atomic E-state index is 4.54. The Morgan fingerprint density at radius 1 is 0.917 bits per heavy atom. The Morgan fingerprint density at radius 3 is 1.75 bits per heavy atom. The molecule has 0 saturated carbocycles. The molecule has 12 heavy (non-hydrogen) atoms. The summed E-state index contributed by atoms with van der Waals surface area (Å²) in [4.78, 5) is 0. The number of hydrogen-bond donors (Lipinski definition) is 0. The average molecular weight is 164 g/mol. The van der Waals surface area contributed by atoms with Gasteiger partial charge in [-0.05, 0) is 0 Å². The van der Waals surface area contributed by atoms with Gasteiger partial charge in [-0.1, -0.05) is 10.3 Å². The second-order valence-electron chi connectivity index (χ2n) is 1.92. The van der Waals surface area contributed by atoms with E-state index >= 15 is 0 Å². The molecule has 0 aliphatic rings. The molecule has 0 aromatic carbocycles. The highest BCUT2D eigenvalue weighted by Gasteiger charge is 1.93. The Bertz CT molecular complexity index is 315. The Hall–Kier alpha value is -1.98. The molecule has 0 aliphatic heterocycles. The normalized spacial score (nSPS) is 11.0. The largest absolute Gasteiger partial charge is 0.362 e. The fraction of sp³-hybridized carbons (Fsp3) is 0. The van der Waals surface area contributed by atoms with Crippen molar-refractivity contribution < 1.29 is 9.05 Å². The van der Waals surface area contributed by atoms with Crippen LogP contribution < -0.4 is 0 Å². The first-order chi connectivity index (χ1) is 5.95. The van der Waals surface area contributed by atoms with E-state index < -0.39 is 0 Å². The van der Waals surface area contributed by atoms with E-state index in [1.54, 1.807) is 12.1 Å². The van der Waals surface area contributed by atoms with Crippen molar-refractivity contribution in [3.8, 4) is 0 Å². The lowest BCUT2D eigenvalue weighted by atomic mass is 10.7. The number of aromatic nitrogens is 2. The van der Waals surface area contributed by atoms with Gasteiger partial charge < -0.3 is 9.05 Å². The van der Waals surface area contributed by atoms with Crippen LogP contribution >= 0.6 is 0 Å².